The lowest BCUT2D eigenvalue weighted by Gasteiger charge is -2.36. The highest BCUT2D eigenvalue weighted by Crippen LogP contribution is 2.30. The van der Waals surface area contributed by atoms with Crippen LogP contribution in [0, 0.1) is 18.7 Å². The van der Waals surface area contributed by atoms with Crippen molar-refractivity contribution in [2.75, 3.05) is 26.2 Å². The molecule has 1 aromatic carbocycles. The summed E-state index contributed by atoms with van der Waals surface area (Å²) in [6, 6.07) is 5.73. The number of hydrogen-bond acceptors (Lipinski definition) is 2. The Morgan fingerprint density at radius 1 is 1.20 bits per heavy atom. The lowest BCUT2D eigenvalue weighted by Crippen LogP contribution is -2.45. The molecule has 0 saturated carbocycles. The Morgan fingerprint density at radius 2 is 1.90 bits per heavy atom. The zero-order valence-electron chi connectivity index (χ0n) is 13.0. The van der Waals surface area contributed by atoms with Crippen LogP contribution in [0.4, 0.5) is 4.39 Å². The molecule has 0 aliphatic carbocycles. The summed E-state index contributed by atoms with van der Waals surface area (Å²) in [6.45, 7) is 10.5. The van der Waals surface area contributed by atoms with E-state index in [1.54, 1.807) is 6.07 Å². The molecule has 1 aliphatic rings. The largest absolute Gasteiger partial charge is 0.314 e. The summed E-state index contributed by atoms with van der Waals surface area (Å²) in [5.74, 6) is 0.608. The first-order valence-electron chi connectivity index (χ1n) is 7.78. The highest BCUT2D eigenvalue weighted by Gasteiger charge is 2.24. The van der Waals surface area contributed by atoms with Gasteiger partial charge in [-0.2, -0.15) is 0 Å². The fourth-order valence-corrected chi connectivity index (χ4v) is 2.94. The van der Waals surface area contributed by atoms with E-state index in [1.165, 1.54) is 0 Å². The molecular weight excluding hydrogens is 251 g/mol. The summed E-state index contributed by atoms with van der Waals surface area (Å²) in [6.07, 6.45) is 2.18. The third kappa shape index (κ3) is 4.03. The fourth-order valence-electron chi connectivity index (χ4n) is 2.94. The Morgan fingerprint density at radius 3 is 2.55 bits per heavy atom. The van der Waals surface area contributed by atoms with Gasteiger partial charge in [-0.3, -0.25) is 4.90 Å². The van der Waals surface area contributed by atoms with Crippen LogP contribution in [0.2, 0.25) is 0 Å². The number of aryl methyl sites for hydroxylation is 1. The van der Waals surface area contributed by atoms with Gasteiger partial charge in [0, 0.05) is 37.8 Å². The third-order valence-corrected chi connectivity index (χ3v) is 4.12. The SMILES string of the molecule is Cc1ccc(F)c([C@H](CCC(C)C)N2CCNCC2)c1. The molecule has 1 aliphatic heterocycles. The van der Waals surface area contributed by atoms with Crippen LogP contribution in [0.5, 0.6) is 0 Å². The lowest BCUT2D eigenvalue weighted by atomic mass is 9.94. The zero-order valence-corrected chi connectivity index (χ0v) is 13.0. The summed E-state index contributed by atoms with van der Waals surface area (Å²) >= 11 is 0. The minimum Gasteiger partial charge on any atom is -0.314 e. The summed E-state index contributed by atoms with van der Waals surface area (Å²) in [7, 11) is 0. The van der Waals surface area contributed by atoms with Crippen LogP contribution in [0.15, 0.2) is 18.2 Å². The summed E-state index contributed by atoms with van der Waals surface area (Å²) in [4.78, 5) is 2.44. The van der Waals surface area contributed by atoms with Gasteiger partial charge in [-0.1, -0.05) is 31.5 Å². The molecule has 112 valence electrons. The quantitative estimate of drug-likeness (QED) is 0.886. The molecule has 0 aromatic heterocycles. The predicted octanol–water partition coefficient (Wildman–Crippen LogP) is 3.52. The van der Waals surface area contributed by atoms with E-state index in [-0.39, 0.29) is 11.9 Å². The maximum Gasteiger partial charge on any atom is 0.128 e. The van der Waals surface area contributed by atoms with Gasteiger partial charge in [-0.15, -0.1) is 0 Å². The number of benzene rings is 1. The molecule has 3 heteroatoms. The summed E-state index contributed by atoms with van der Waals surface area (Å²) < 4.78 is 14.3. The lowest BCUT2D eigenvalue weighted by molar-refractivity contribution is 0.156. The molecular formula is C17H27FN2. The van der Waals surface area contributed by atoms with Gasteiger partial charge < -0.3 is 5.32 Å². The number of hydrogen-bond donors (Lipinski definition) is 1. The van der Waals surface area contributed by atoms with Crippen LogP contribution in [-0.2, 0) is 0 Å². The average Bonchev–Trinajstić information content (AvgIpc) is 2.43. The molecule has 1 saturated heterocycles. The van der Waals surface area contributed by atoms with Crippen LogP contribution in [-0.4, -0.2) is 31.1 Å². The third-order valence-electron chi connectivity index (χ3n) is 4.12. The molecule has 0 amide bonds. The topological polar surface area (TPSA) is 15.3 Å². The van der Waals surface area contributed by atoms with Gasteiger partial charge in [-0.05, 0) is 31.7 Å². The number of rotatable bonds is 5. The molecule has 1 fully saturated rings. The van der Waals surface area contributed by atoms with Crippen molar-refractivity contribution in [1.82, 2.24) is 10.2 Å². The molecule has 2 rings (SSSR count). The Hall–Kier alpha value is -0.930. The van der Waals surface area contributed by atoms with Crippen LogP contribution in [0.25, 0.3) is 0 Å². The van der Waals surface area contributed by atoms with Crippen LogP contribution < -0.4 is 5.32 Å². The minimum absolute atomic E-state index is 0.0529. The van der Waals surface area contributed by atoms with Crippen molar-refractivity contribution in [2.24, 2.45) is 5.92 Å². The summed E-state index contributed by atoms with van der Waals surface area (Å²) in [5.41, 5.74) is 2.03. The zero-order chi connectivity index (χ0) is 14.5. The van der Waals surface area contributed by atoms with Crippen molar-refractivity contribution in [1.29, 1.82) is 0 Å². The van der Waals surface area contributed by atoms with Crippen molar-refractivity contribution in [3.05, 3.63) is 35.1 Å². The van der Waals surface area contributed by atoms with Crippen molar-refractivity contribution in [2.45, 2.75) is 39.7 Å². The van der Waals surface area contributed by atoms with Crippen molar-refractivity contribution in [3.63, 3.8) is 0 Å². The van der Waals surface area contributed by atoms with E-state index < -0.39 is 0 Å². The molecule has 0 radical (unpaired) electrons. The molecule has 20 heavy (non-hydrogen) atoms. The molecule has 1 N–H and O–H groups in total. The molecule has 1 heterocycles. The second-order valence-corrected chi connectivity index (χ2v) is 6.30. The van der Waals surface area contributed by atoms with Gasteiger partial charge in [0.25, 0.3) is 0 Å². The van der Waals surface area contributed by atoms with Crippen molar-refractivity contribution >= 4 is 0 Å². The van der Waals surface area contributed by atoms with Crippen LogP contribution >= 0.6 is 0 Å². The van der Waals surface area contributed by atoms with E-state index in [4.69, 9.17) is 0 Å². The number of piperazine rings is 1. The standard InChI is InChI=1S/C17H27FN2/c1-13(2)4-7-17(20-10-8-19-9-11-20)15-12-14(3)5-6-16(15)18/h5-6,12-13,17,19H,4,7-11H2,1-3H3/t17-/m0/s1. The van der Waals surface area contributed by atoms with Gasteiger partial charge in [0.05, 0.1) is 0 Å². The van der Waals surface area contributed by atoms with Crippen LogP contribution in [0.3, 0.4) is 0 Å². The number of nitrogens with one attached hydrogen (secondary N) is 1. The van der Waals surface area contributed by atoms with E-state index in [1.807, 2.05) is 19.1 Å². The van der Waals surface area contributed by atoms with Gasteiger partial charge in [0.2, 0.25) is 0 Å². The van der Waals surface area contributed by atoms with E-state index in [9.17, 15) is 4.39 Å². The Balaban J connectivity index is 2.21. The first kappa shape index (κ1) is 15.5. The fraction of sp³-hybridized carbons (Fsp3) is 0.647. The van der Waals surface area contributed by atoms with Crippen molar-refractivity contribution in [3.8, 4) is 0 Å². The minimum atomic E-state index is -0.0529. The van der Waals surface area contributed by atoms with E-state index in [0.717, 1.165) is 50.1 Å². The first-order chi connectivity index (χ1) is 9.58. The highest BCUT2D eigenvalue weighted by molar-refractivity contribution is 5.27. The Kier molecular flexibility index (Phi) is 5.55. The molecule has 0 bridgehead atoms. The molecule has 1 aromatic rings. The van der Waals surface area contributed by atoms with Gasteiger partial charge in [0.1, 0.15) is 5.82 Å². The highest BCUT2D eigenvalue weighted by atomic mass is 19.1. The van der Waals surface area contributed by atoms with Gasteiger partial charge in [0.15, 0.2) is 0 Å². The van der Waals surface area contributed by atoms with E-state index >= 15 is 0 Å². The van der Waals surface area contributed by atoms with E-state index in [2.05, 4.69) is 24.1 Å². The van der Waals surface area contributed by atoms with E-state index in [0.29, 0.717) is 5.92 Å². The monoisotopic (exact) mass is 278 g/mol. The smallest absolute Gasteiger partial charge is 0.128 e. The molecule has 1 atom stereocenters. The second-order valence-electron chi connectivity index (χ2n) is 6.30. The summed E-state index contributed by atoms with van der Waals surface area (Å²) in [5, 5.41) is 3.38. The number of halogens is 1. The average molecular weight is 278 g/mol. The predicted molar refractivity (Wildman–Crippen MR) is 82.4 cm³/mol. The second kappa shape index (κ2) is 7.19. The first-order valence-corrected chi connectivity index (χ1v) is 7.78. The molecule has 2 nitrogen and oxygen atoms in total. The van der Waals surface area contributed by atoms with Gasteiger partial charge in [-0.25, -0.2) is 4.39 Å². The van der Waals surface area contributed by atoms with Crippen molar-refractivity contribution < 1.29 is 4.39 Å². The maximum absolute atomic E-state index is 14.3. The van der Waals surface area contributed by atoms with Crippen LogP contribution in [0.1, 0.15) is 43.9 Å². The normalized spacial score (nSPS) is 18.4. The Labute approximate surface area is 122 Å². The maximum atomic E-state index is 14.3. The molecule has 0 spiro atoms. The Bertz CT molecular complexity index is 425. The number of nitrogens with zero attached hydrogens (tertiary/aromatic N) is 1. The van der Waals surface area contributed by atoms with Gasteiger partial charge >= 0.3 is 0 Å². The molecule has 0 unspecified atom stereocenters.